The van der Waals surface area contributed by atoms with Gasteiger partial charge in [-0.25, -0.2) is 0 Å². The molecule has 0 aromatic carbocycles. The van der Waals surface area contributed by atoms with Crippen molar-refractivity contribution in [2.75, 3.05) is 0 Å². The molecular formula is C12H21NO. The van der Waals surface area contributed by atoms with Crippen LogP contribution in [0.3, 0.4) is 0 Å². The summed E-state index contributed by atoms with van der Waals surface area (Å²) in [5.74, 6) is 0.327. The summed E-state index contributed by atoms with van der Waals surface area (Å²) >= 11 is 0. The van der Waals surface area contributed by atoms with E-state index in [0.29, 0.717) is 5.92 Å². The Labute approximate surface area is 86.9 Å². The van der Waals surface area contributed by atoms with E-state index in [4.69, 9.17) is 5.26 Å². The Hall–Kier alpha value is -0.550. The molecule has 0 aromatic rings. The SMILES string of the molecule is CC(C)CC(C#N)C1(O)CCCCC1. The summed E-state index contributed by atoms with van der Waals surface area (Å²) in [5.41, 5.74) is -0.683. The highest BCUT2D eigenvalue weighted by atomic mass is 16.3. The number of hydrogen-bond acceptors (Lipinski definition) is 2. The van der Waals surface area contributed by atoms with Crippen LogP contribution in [0.2, 0.25) is 0 Å². The third-order valence-corrected chi connectivity index (χ3v) is 3.23. The molecule has 1 aliphatic rings. The van der Waals surface area contributed by atoms with Gasteiger partial charge in [-0.15, -0.1) is 0 Å². The Balaban J connectivity index is 2.62. The van der Waals surface area contributed by atoms with E-state index in [1.165, 1.54) is 6.42 Å². The lowest BCUT2D eigenvalue weighted by Gasteiger charge is -2.36. The first-order valence-corrected chi connectivity index (χ1v) is 5.70. The first-order valence-electron chi connectivity index (χ1n) is 5.70. The van der Waals surface area contributed by atoms with Crippen LogP contribution in [-0.4, -0.2) is 10.7 Å². The van der Waals surface area contributed by atoms with Gasteiger partial charge in [0.1, 0.15) is 0 Å². The summed E-state index contributed by atoms with van der Waals surface area (Å²) in [6.07, 6.45) is 5.82. The average Bonchev–Trinajstić information content (AvgIpc) is 2.15. The molecule has 1 fully saturated rings. The molecule has 1 atom stereocenters. The topological polar surface area (TPSA) is 44.0 Å². The molecule has 2 nitrogen and oxygen atoms in total. The minimum atomic E-state index is -0.683. The van der Waals surface area contributed by atoms with Crippen molar-refractivity contribution < 1.29 is 5.11 Å². The van der Waals surface area contributed by atoms with Gasteiger partial charge in [-0.3, -0.25) is 0 Å². The van der Waals surface area contributed by atoms with Crippen LogP contribution in [0.4, 0.5) is 0 Å². The second-order valence-corrected chi connectivity index (χ2v) is 4.98. The van der Waals surface area contributed by atoms with E-state index >= 15 is 0 Å². The first kappa shape index (κ1) is 11.5. The maximum Gasteiger partial charge on any atom is 0.0805 e. The van der Waals surface area contributed by atoms with Crippen molar-refractivity contribution in [3.63, 3.8) is 0 Å². The normalized spacial score (nSPS) is 23.1. The van der Waals surface area contributed by atoms with Gasteiger partial charge in [-0.1, -0.05) is 33.1 Å². The van der Waals surface area contributed by atoms with Gasteiger partial charge in [0.2, 0.25) is 0 Å². The van der Waals surface area contributed by atoms with E-state index in [0.717, 1.165) is 32.1 Å². The number of nitrogens with zero attached hydrogens (tertiary/aromatic N) is 1. The zero-order valence-electron chi connectivity index (χ0n) is 9.29. The second kappa shape index (κ2) is 4.79. The molecule has 0 spiro atoms. The molecule has 0 aliphatic heterocycles. The summed E-state index contributed by atoms with van der Waals surface area (Å²) < 4.78 is 0. The van der Waals surface area contributed by atoms with Crippen molar-refractivity contribution >= 4 is 0 Å². The number of nitriles is 1. The summed E-state index contributed by atoms with van der Waals surface area (Å²) in [5, 5.41) is 19.4. The molecule has 0 amide bonds. The van der Waals surface area contributed by atoms with Crippen LogP contribution < -0.4 is 0 Å². The van der Waals surface area contributed by atoms with Crippen molar-refractivity contribution in [3.8, 4) is 6.07 Å². The molecular weight excluding hydrogens is 174 g/mol. The van der Waals surface area contributed by atoms with Crippen molar-refractivity contribution in [2.45, 2.75) is 58.0 Å². The molecule has 1 unspecified atom stereocenters. The highest BCUT2D eigenvalue weighted by Crippen LogP contribution is 2.36. The Bertz CT molecular complexity index is 211. The highest BCUT2D eigenvalue weighted by Gasteiger charge is 2.37. The standard InChI is InChI=1S/C12H21NO/c1-10(2)8-11(9-13)12(14)6-4-3-5-7-12/h10-11,14H,3-8H2,1-2H3. The van der Waals surface area contributed by atoms with Gasteiger partial charge in [0.15, 0.2) is 0 Å². The van der Waals surface area contributed by atoms with Gasteiger partial charge in [-0.2, -0.15) is 5.26 Å². The summed E-state index contributed by atoms with van der Waals surface area (Å²) in [4.78, 5) is 0. The molecule has 0 heterocycles. The zero-order valence-corrected chi connectivity index (χ0v) is 9.29. The van der Waals surface area contributed by atoms with Crippen LogP contribution in [-0.2, 0) is 0 Å². The van der Waals surface area contributed by atoms with E-state index < -0.39 is 5.60 Å². The summed E-state index contributed by atoms with van der Waals surface area (Å²) in [7, 11) is 0. The van der Waals surface area contributed by atoms with Crippen molar-refractivity contribution in [3.05, 3.63) is 0 Å². The van der Waals surface area contributed by atoms with E-state index in [-0.39, 0.29) is 5.92 Å². The lowest BCUT2D eigenvalue weighted by Crippen LogP contribution is -2.39. The van der Waals surface area contributed by atoms with E-state index in [1.807, 2.05) is 0 Å². The van der Waals surface area contributed by atoms with Crippen LogP contribution >= 0.6 is 0 Å². The van der Waals surface area contributed by atoms with Crippen molar-refractivity contribution in [1.29, 1.82) is 5.26 Å². The molecule has 14 heavy (non-hydrogen) atoms. The Morgan fingerprint density at radius 2 is 1.86 bits per heavy atom. The van der Waals surface area contributed by atoms with Crippen molar-refractivity contribution in [2.24, 2.45) is 11.8 Å². The van der Waals surface area contributed by atoms with Crippen LogP contribution in [0.25, 0.3) is 0 Å². The van der Waals surface area contributed by atoms with Gasteiger partial charge < -0.3 is 5.11 Å². The number of aliphatic hydroxyl groups is 1. The maximum absolute atomic E-state index is 10.4. The average molecular weight is 195 g/mol. The summed E-state index contributed by atoms with van der Waals surface area (Å²) in [6.45, 7) is 4.22. The molecule has 0 radical (unpaired) electrons. The van der Waals surface area contributed by atoms with Crippen LogP contribution in [0.15, 0.2) is 0 Å². The fourth-order valence-electron chi connectivity index (χ4n) is 2.38. The molecule has 0 aromatic heterocycles. The summed E-state index contributed by atoms with van der Waals surface area (Å²) in [6, 6.07) is 2.29. The molecule has 1 rings (SSSR count). The Morgan fingerprint density at radius 3 is 2.29 bits per heavy atom. The Kier molecular flexibility index (Phi) is 3.95. The van der Waals surface area contributed by atoms with Gasteiger partial charge in [0, 0.05) is 0 Å². The molecule has 1 saturated carbocycles. The predicted molar refractivity (Wildman–Crippen MR) is 56.6 cm³/mol. The van der Waals surface area contributed by atoms with Gasteiger partial charge in [0.05, 0.1) is 17.6 Å². The van der Waals surface area contributed by atoms with E-state index in [9.17, 15) is 5.11 Å². The third-order valence-electron chi connectivity index (χ3n) is 3.23. The monoisotopic (exact) mass is 195 g/mol. The molecule has 0 saturated heterocycles. The lowest BCUT2D eigenvalue weighted by molar-refractivity contribution is -0.0361. The minimum Gasteiger partial charge on any atom is -0.389 e. The fraction of sp³-hybridized carbons (Fsp3) is 0.917. The molecule has 1 N–H and O–H groups in total. The maximum atomic E-state index is 10.4. The Morgan fingerprint density at radius 1 is 1.29 bits per heavy atom. The number of rotatable bonds is 3. The van der Waals surface area contributed by atoms with Crippen LogP contribution in [0.1, 0.15) is 52.4 Å². The van der Waals surface area contributed by atoms with E-state index in [2.05, 4.69) is 19.9 Å². The minimum absolute atomic E-state index is 0.164. The van der Waals surface area contributed by atoms with Crippen LogP contribution in [0, 0.1) is 23.2 Å². The molecule has 2 heteroatoms. The smallest absolute Gasteiger partial charge is 0.0805 e. The quantitative estimate of drug-likeness (QED) is 0.752. The third kappa shape index (κ3) is 2.72. The molecule has 1 aliphatic carbocycles. The fourth-order valence-corrected chi connectivity index (χ4v) is 2.38. The van der Waals surface area contributed by atoms with Gasteiger partial charge in [-0.05, 0) is 25.2 Å². The molecule has 0 bridgehead atoms. The van der Waals surface area contributed by atoms with Gasteiger partial charge in [0.25, 0.3) is 0 Å². The highest BCUT2D eigenvalue weighted by molar-refractivity contribution is 5.00. The van der Waals surface area contributed by atoms with Crippen LogP contribution in [0.5, 0.6) is 0 Å². The first-order chi connectivity index (χ1) is 6.58. The van der Waals surface area contributed by atoms with E-state index in [1.54, 1.807) is 0 Å². The van der Waals surface area contributed by atoms with Crippen molar-refractivity contribution in [1.82, 2.24) is 0 Å². The lowest BCUT2D eigenvalue weighted by atomic mass is 9.73. The predicted octanol–water partition coefficient (Wildman–Crippen LogP) is 2.87. The second-order valence-electron chi connectivity index (χ2n) is 4.98. The largest absolute Gasteiger partial charge is 0.389 e. The van der Waals surface area contributed by atoms with Gasteiger partial charge >= 0.3 is 0 Å². The molecule has 80 valence electrons. The zero-order chi connectivity index (χ0) is 10.6. The number of hydrogen-bond donors (Lipinski definition) is 1.